The van der Waals surface area contributed by atoms with Crippen molar-refractivity contribution in [1.82, 2.24) is 5.32 Å². The number of amides is 1. The molecule has 23 heavy (non-hydrogen) atoms. The van der Waals surface area contributed by atoms with Crippen LogP contribution in [-0.4, -0.2) is 28.1 Å². The first-order chi connectivity index (χ1) is 11.0. The maximum atomic E-state index is 12.1. The monoisotopic (exact) mass is 333 g/mol. The SMILES string of the molecule is O=C(O)[C@H](Cc1ccc(Cl)cc1)NC(=O)[C@@H](O)c1ccccc1. The van der Waals surface area contributed by atoms with E-state index in [9.17, 15) is 19.8 Å². The number of carboxylic acids is 1. The molecule has 2 aromatic carbocycles. The predicted molar refractivity (Wildman–Crippen MR) is 86.1 cm³/mol. The van der Waals surface area contributed by atoms with Gasteiger partial charge < -0.3 is 15.5 Å². The van der Waals surface area contributed by atoms with Gasteiger partial charge in [-0.3, -0.25) is 4.79 Å². The first-order valence-electron chi connectivity index (χ1n) is 6.98. The molecule has 0 bridgehead atoms. The molecule has 0 unspecified atom stereocenters. The van der Waals surface area contributed by atoms with Crippen molar-refractivity contribution in [2.45, 2.75) is 18.6 Å². The maximum absolute atomic E-state index is 12.1. The average molecular weight is 334 g/mol. The molecule has 120 valence electrons. The summed E-state index contributed by atoms with van der Waals surface area (Å²) < 4.78 is 0. The van der Waals surface area contributed by atoms with Crippen LogP contribution in [0.3, 0.4) is 0 Å². The van der Waals surface area contributed by atoms with Crippen molar-refractivity contribution in [2.75, 3.05) is 0 Å². The lowest BCUT2D eigenvalue weighted by molar-refractivity contribution is -0.143. The van der Waals surface area contributed by atoms with Gasteiger partial charge in [-0.15, -0.1) is 0 Å². The van der Waals surface area contributed by atoms with Crippen molar-refractivity contribution in [1.29, 1.82) is 0 Å². The van der Waals surface area contributed by atoms with Gasteiger partial charge in [-0.2, -0.15) is 0 Å². The highest BCUT2D eigenvalue weighted by Crippen LogP contribution is 2.14. The fourth-order valence-electron chi connectivity index (χ4n) is 2.09. The number of hydrogen-bond acceptors (Lipinski definition) is 3. The molecule has 2 atom stereocenters. The number of carbonyl (C=O) groups is 2. The van der Waals surface area contributed by atoms with Crippen LogP contribution in [0.1, 0.15) is 17.2 Å². The van der Waals surface area contributed by atoms with Crippen LogP contribution < -0.4 is 5.32 Å². The quantitative estimate of drug-likeness (QED) is 0.756. The normalized spacial score (nSPS) is 13.1. The molecule has 0 aliphatic carbocycles. The van der Waals surface area contributed by atoms with E-state index in [2.05, 4.69) is 5.32 Å². The molecule has 6 heteroatoms. The second-order valence-corrected chi connectivity index (χ2v) is 5.48. The lowest BCUT2D eigenvalue weighted by Gasteiger charge is -2.17. The van der Waals surface area contributed by atoms with Gasteiger partial charge in [-0.1, -0.05) is 54.1 Å². The van der Waals surface area contributed by atoms with Crippen LogP contribution in [0.4, 0.5) is 0 Å². The average Bonchev–Trinajstić information content (AvgIpc) is 2.56. The fraction of sp³-hybridized carbons (Fsp3) is 0.176. The largest absolute Gasteiger partial charge is 0.480 e. The Morgan fingerprint density at radius 1 is 1.04 bits per heavy atom. The van der Waals surface area contributed by atoms with Crippen molar-refractivity contribution >= 4 is 23.5 Å². The number of rotatable bonds is 6. The van der Waals surface area contributed by atoms with E-state index in [1.165, 1.54) is 0 Å². The minimum absolute atomic E-state index is 0.0970. The molecule has 0 aliphatic heterocycles. The van der Waals surface area contributed by atoms with Crippen LogP contribution in [0.15, 0.2) is 54.6 Å². The predicted octanol–water partition coefficient (Wildman–Crippen LogP) is 2.19. The van der Waals surface area contributed by atoms with E-state index in [0.717, 1.165) is 5.56 Å². The van der Waals surface area contributed by atoms with E-state index in [4.69, 9.17) is 11.6 Å². The lowest BCUT2D eigenvalue weighted by atomic mass is 10.0. The molecule has 0 heterocycles. The van der Waals surface area contributed by atoms with Gasteiger partial charge in [0.1, 0.15) is 6.04 Å². The Balaban J connectivity index is 2.05. The molecule has 0 spiro atoms. The van der Waals surface area contributed by atoms with E-state index in [-0.39, 0.29) is 6.42 Å². The number of nitrogens with one attached hydrogen (secondary N) is 1. The van der Waals surface area contributed by atoms with Crippen molar-refractivity contribution in [2.24, 2.45) is 0 Å². The second-order valence-electron chi connectivity index (χ2n) is 5.04. The Morgan fingerprint density at radius 3 is 2.22 bits per heavy atom. The van der Waals surface area contributed by atoms with Crippen LogP contribution in [-0.2, 0) is 16.0 Å². The number of aliphatic carboxylic acids is 1. The van der Waals surface area contributed by atoms with Gasteiger partial charge >= 0.3 is 5.97 Å². The summed E-state index contributed by atoms with van der Waals surface area (Å²) in [5.74, 6) is -1.92. The highest BCUT2D eigenvalue weighted by Gasteiger charge is 2.25. The fourth-order valence-corrected chi connectivity index (χ4v) is 2.22. The first-order valence-corrected chi connectivity index (χ1v) is 7.36. The third-order valence-electron chi connectivity index (χ3n) is 3.33. The van der Waals surface area contributed by atoms with Gasteiger partial charge in [0, 0.05) is 11.4 Å². The summed E-state index contributed by atoms with van der Waals surface area (Å²) in [4.78, 5) is 23.4. The third kappa shape index (κ3) is 4.81. The third-order valence-corrected chi connectivity index (χ3v) is 3.58. The number of hydrogen-bond donors (Lipinski definition) is 3. The number of aliphatic hydroxyl groups excluding tert-OH is 1. The van der Waals surface area contributed by atoms with Crippen LogP contribution in [0.5, 0.6) is 0 Å². The molecular weight excluding hydrogens is 318 g/mol. The molecule has 0 saturated carbocycles. The van der Waals surface area contributed by atoms with Crippen LogP contribution in [0.25, 0.3) is 0 Å². The summed E-state index contributed by atoms with van der Waals surface area (Å²) in [7, 11) is 0. The Kier molecular flexibility index (Phi) is 5.73. The zero-order valence-electron chi connectivity index (χ0n) is 12.1. The Morgan fingerprint density at radius 2 is 1.65 bits per heavy atom. The molecule has 0 radical (unpaired) electrons. The van der Waals surface area contributed by atoms with Gasteiger partial charge in [0.05, 0.1) is 0 Å². The highest BCUT2D eigenvalue weighted by molar-refractivity contribution is 6.30. The minimum atomic E-state index is -1.41. The molecule has 2 aromatic rings. The smallest absolute Gasteiger partial charge is 0.326 e. The van der Waals surface area contributed by atoms with Gasteiger partial charge in [0.25, 0.3) is 5.91 Å². The second kappa shape index (κ2) is 7.76. The molecule has 1 amide bonds. The molecule has 0 fully saturated rings. The molecule has 5 nitrogen and oxygen atoms in total. The van der Waals surface area contributed by atoms with Crippen molar-refractivity contribution in [3.8, 4) is 0 Å². The van der Waals surface area contributed by atoms with Crippen LogP contribution in [0, 0.1) is 0 Å². The zero-order chi connectivity index (χ0) is 16.8. The Labute approximate surface area is 138 Å². The first kappa shape index (κ1) is 17.0. The summed E-state index contributed by atoms with van der Waals surface area (Å²) in [6.45, 7) is 0. The summed E-state index contributed by atoms with van der Waals surface area (Å²) in [6, 6.07) is 13.9. The number of aliphatic hydroxyl groups is 1. The van der Waals surface area contributed by atoms with E-state index < -0.39 is 24.0 Å². The summed E-state index contributed by atoms with van der Waals surface area (Å²) in [5, 5.41) is 22.2. The van der Waals surface area contributed by atoms with Crippen LogP contribution >= 0.6 is 11.6 Å². The Hall–Kier alpha value is -2.37. The topological polar surface area (TPSA) is 86.6 Å². The van der Waals surface area contributed by atoms with E-state index in [0.29, 0.717) is 10.6 Å². The molecule has 2 rings (SSSR count). The molecule has 0 aliphatic rings. The van der Waals surface area contributed by atoms with Crippen LogP contribution in [0.2, 0.25) is 5.02 Å². The van der Waals surface area contributed by atoms with E-state index in [1.54, 1.807) is 54.6 Å². The number of halogens is 1. The van der Waals surface area contributed by atoms with Gasteiger partial charge in [-0.25, -0.2) is 4.79 Å². The van der Waals surface area contributed by atoms with E-state index in [1.807, 2.05) is 0 Å². The van der Waals surface area contributed by atoms with Crippen molar-refractivity contribution < 1.29 is 19.8 Å². The molecule has 0 saturated heterocycles. The molecule has 0 aromatic heterocycles. The van der Waals surface area contributed by atoms with E-state index >= 15 is 0 Å². The maximum Gasteiger partial charge on any atom is 0.326 e. The molecular formula is C17H16ClNO4. The molecule has 3 N–H and O–H groups in total. The van der Waals surface area contributed by atoms with Gasteiger partial charge in [0.2, 0.25) is 0 Å². The van der Waals surface area contributed by atoms with Crippen molar-refractivity contribution in [3.05, 3.63) is 70.7 Å². The summed E-state index contributed by atoms with van der Waals surface area (Å²) >= 11 is 5.79. The summed E-state index contributed by atoms with van der Waals surface area (Å²) in [6.07, 6.45) is -1.32. The van der Waals surface area contributed by atoms with Gasteiger partial charge in [-0.05, 0) is 23.3 Å². The zero-order valence-corrected chi connectivity index (χ0v) is 12.9. The Bertz CT molecular complexity index is 673. The number of carboxylic acid groups (broad SMARTS) is 1. The lowest BCUT2D eigenvalue weighted by Crippen LogP contribution is -2.44. The summed E-state index contributed by atoms with van der Waals surface area (Å²) in [5.41, 5.74) is 1.12. The standard InChI is InChI=1S/C17H16ClNO4/c18-13-8-6-11(7-9-13)10-14(17(22)23)19-16(21)15(20)12-4-2-1-3-5-12/h1-9,14-15,20H,10H2,(H,19,21)(H,22,23)/t14-,15-/m0/s1. The van der Waals surface area contributed by atoms with Gasteiger partial charge in [0.15, 0.2) is 6.10 Å². The van der Waals surface area contributed by atoms with Crippen molar-refractivity contribution in [3.63, 3.8) is 0 Å². The highest BCUT2D eigenvalue weighted by atomic mass is 35.5. The number of benzene rings is 2. The number of carbonyl (C=O) groups excluding carboxylic acids is 1. The minimum Gasteiger partial charge on any atom is -0.480 e.